The van der Waals surface area contributed by atoms with Crippen LogP contribution in [0.15, 0.2) is 4.34 Å². The Hall–Kier alpha value is -0.380. The van der Waals surface area contributed by atoms with Crippen LogP contribution in [0.3, 0.4) is 0 Å². The maximum absolute atomic E-state index is 11.8. The van der Waals surface area contributed by atoms with Crippen LogP contribution in [-0.2, 0) is 10.0 Å². The quantitative estimate of drug-likeness (QED) is 0.826. The third-order valence-corrected chi connectivity index (χ3v) is 5.88. The second-order valence-electron chi connectivity index (χ2n) is 3.41. The highest BCUT2D eigenvalue weighted by molar-refractivity contribution is 7.99. The van der Waals surface area contributed by atoms with Gasteiger partial charge in [-0.25, -0.2) is 13.1 Å². The number of anilines is 1. The second kappa shape index (κ2) is 4.86. The van der Waals surface area contributed by atoms with Crippen LogP contribution in [-0.4, -0.2) is 36.2 Å². The maximum Gasteiger partial charge on any atom is 0.270 e. The van der Waals surface area contributed by atoms with E-state index in [1.54, 1.807) is 0 Å². The van der Waals surface area contributed by atoms with Crippen molar-refractivity contribution >= 4 is 38.3 Å². The summed E-state index contributed by atoms with van der Waals surface area (Å²) in [6, 6.07) is 0.0105. The molecule has 1 aliphatic heterocycles. The Bertz CT molecular complexity index is 452. The smallest absolute Gasteiger partial charge is 0.270 e. The van der Waals surface area contributed by atoms with Crippen molar-refractivity contribution in [2.75, 3.05) is 17.2 Å². The Balaban J connectivity index is 2.07. The molecule has 90 valence electrons. The van der Waals surface area contributed by atoms with Gasteiger partial charge < -0.3 is 5.73 Å². The van der Waals surface area contributed by atoms with E-state index >= 15 is 0 Å². The largest absolute Gasteiger partial charge is 0.374 e. The molecule has 0 atom stereocenters. The maximum atomic E-state index is 11.8. The molecule has 0 saturated carbocycles. The molecule has 1 aromatic rings. The summed E-state index contributed by atoms with van der Waals surface area (Å²) in [5, 5.41) is 7.21. The molecule has 1 aromatic heterocycles. The molecule has 0 unspecified atom stereocenters. The minimum atomic E-state index is -3.53. The third-order valence-electron chi connectivity index (χ3n) is 2.20. The summed E-state index contributed by atoms with van der Waals surface area (Å²) in [6.45, 7) is 0. The molecule has 0 aromatic carbocycles. The molecule has 0 bridgehead atoms. The van der Waals surface area contributed by atoms with Gasteiger partial charge in [0.2, 0.25) is 9.47 Å². The number of hydrogen-bond acceptors (Lipinski definition) is 7. The third kappa shape index (κ3) is 2.84. The van der Waals surface area contributed by atoms with Gasteiger partial charge in [0.15, 0.2) is 0 Å². The van der Waals surface area contributed by atoms with Crippen LogP contribution >= 0.6 is 23.1 Å². The Morgan fingerprint density at radius 2 is 2.00 bits per heavy atom. The van der Waals surface area contributed by atoms with Gasteiger partial charge in [-0.05, 0) is 24.3 Å². The number of aromatic nitrogens is 2. The first kappa shape index (κ1) is 12.1. The number of rotatable bonds is 3. The van der Waals surface area contributed by atoms with Crippen molar-refractivity contribution in [3.8, 4) is 0 Å². The zero-order chi connectivity index (χ0) is 11.6. The van der Waals surface area contributed by atoms with Gasteiger partial charge in [0, 0.05) is 6.04 Å². The predicted octanol–water partition coefficient (Wildman–Crippen LogP) is 0.294. The van der Waals surface area contributed by atoms with Crippen LogP contribution in [0, 0.1) is 0 Å². The Labute approximate surface area is 102 Å². The minimum absolute atomic E-state index is 0.0105. The van der Waals surface area contributed by atoms with E-state index in [1.807, 2.05) is 11.8 Å². The number of nitrogen functional groups attached to an aromatic ring is 1. The van der Waals surface area contributed by atoms with Crippen LogP contribution in [0.4, 0.5) is 5.13 Å². The standard InChI is InChI=1S/C7H12N4O2S3/c8-6-9-10-7(15-6)16(12,13)11-5-1-3-14-4-2-5/h5,11H,1-4H2,(H2,8,9). The van der Waals surface area contributed by atoms with Gasteiger partial charge in [-0.3, -0.25) is 0 Å². The van der Waals surface area contributed by atoms with Crippen molar-refractivity contribution in [1.29, 1.82) is 0 Å². The Morgan fingerprint density at radius 3 is 2.56 bits per heavy atom. The first-order valence-corrected chi connectivity index (χ1v) is 8.22. The van der Waals surface area contributed by atoms with E-state index in [4.69, 9.17) is 5.73 Å². The topological polar surface area (TPSA) is 98.0 Å². The molecule has 1 aliphatic rings. The van der Waals surface area contributed by atoms with Gasteiger partial charge in [-0.15, -0.1) is 10.2 Å². The van der Waals surface area contributed by atoms with E-state index in [0.717, 1.165) is 35.7 Å². The fourth-order valence-electron chi connectivity index (χ4n) is 1.41. The van der Waals surface area contributed by atoms with Crippen LogP contribution in [0.2, 0.25) is 0 Å². The molecule has 2 heterocycles. The molecule has 16 heavy (non-hydrogen) atoms. The summed E-state index contributed by atoms with van der Waals surface area (Å²) in [6.07, 6.45) is 1.72. The summed E-state index contributed by atoms with van der Waals surface area (Å²) in [7, 11) is -3.53. The van der Waals surface area contributed by atoms with Crippen molar-refractivity contribution in [3.63, 3.8) is 0 Å². The first-order valence-electron chi connectivity index (χ1n) is 4.77. The summed E-state index contributed by atoms with van der Waals surface area (Å²) in [5.74, 6) is 1.98. The monoisotopic (exact) mass is 280 g/mol. The van der Waals surface area contributed by atoms with Crippen molar-refractivity contribution in [2.45, 2.75) is 23.2 Å². The van der Waals surface area contributed by atoms with E-state index in [0.29, 0.717) is 0 Å². The lowest BCUT2D eigenvalue weighted by molar-refractivity contribution is 0.527. The van der Waals surface area contributed by atoms with Gasteiger partial charge in [-0.1, -0.05) is 11.3 Å². The molecule has 0 spiro atoms. The highest BCUT2D eigenvalue weighted by Crippen LogP contribution is 2.21. The van der Waals surface area contributed by atoms with Crippen LogP contribution in [0.5, 0.6) is 0 Å². The lowest BCUT2D eigenvalue weighted by atomic mass is 10.2. The van der Waals surface area contributed by atoms with Crippen LogP contribution < -0.4 is 10.5 Å². The Kier molecular flexibility index (Phi) is 3.67. The fraction of sp³-hybridized carbons (Fsp3) is 0.714. The van der Waals surface area contributed by atoms with Crippen LogP contribution in [0.25, 0.3) is 0 Å². The fourth-order valence-corrected chi connectivity index (χ4v) is 4.63. The van der Waals surface area contributed by atoms with Gasteiger partial charge in [-0.2, -0.15) is 11.8 Å². The SMILES string of the molecule is Nc1nnc(S(=O)(=O)NC2CCSCC2)s1. The van der Waals surface area contributed by atoms with Gasteiger partial charge >= 0.3 is 0 Å². The predicted molar refractivity (Wildman–Crippen MR) is 65.0 cm³/mol. The van der Waals surface area contributed by atoms with E-state index in [9.17, 15) is 8.42 Å². The molecule has 0 radical (unpaired) electrons. The normalized spacial score (nSPS) is 18.8. The number of sulfonamides is 1. The van der Waals surface area contributed by atoms with Gasteiger partial charge in [0.1, 0.15) is 0 Å². The van der Waals surface area contributed by atoms with E-state index in [1.165, 1.54) is 0 Å². The molecule has 1 saturated heterocycles. The molecule has 2 rings (SSSR count). The lowest BCUT2D eigenvalue weighted by Gasteiger charge is -2.21. The molecule has 0 amide bonds. The average Bonchev–Trinajstić information content (AvgIpc) is 2.66. The number of nitrogens with zero attached hydrogens (tertiary/aromatic N) is 2. The zero-order valence-corrected chi connectivity index (χ0v) is 10.9. The highest BCUT2D eigenvalue weighted by atomic mass is 32.2. The van der Waals surface area contributed by atoms with Crippen molar-refractivity contribution in [1.82, 2.24) is 14.9 Å². The minimum Gasteiger partial charge on any atom is -0.374 e. The molecular formula is C7H12N4O2S3. The summed E-state index contributed by atoms with van der Waals surface area (Å²) < 4.78 is 26.3. The van der Waals surface area contributed by atoms with Crippen molar-refractivity contribution in [2.24, 2.45) is 0 Å². The molecule has 9 heteroatoms. The van der Waals surface area contributed by atoms with Gasteiger partial charge in [0.25, 0.3) is 10.0 Å². The average molecular weight is 280 g/mol. The van der Waals surface area contributed by atoms with Crippen molar-refractivity contribution < 1.29 is 8.42 Å². The molecule has 3 N–H and O–H groups in total. The summed E-state index contributed by atoms with van der Waals surface area (Å²) in [4.78, 5) is 0. The second-order valence-corrected chi connectivity index (χ2v) is 7.54. The Morgan fingerprint density at radius 1 is 1.31 bits per heavy atom. The molecule has 6 nitrogen and oxygen atoms in total. The first-order chi connectivity index (χ1) is 7.58. The van der Waals surface area contributed by atoms with E-state index < -0.39 is 10.0 Å². The lowest BCUT2D eigenvalue weighted by Crippen LogP contribution is -2.37. The van der Waals surface area contributed by atoms with Crippen LogP contribution in [0.1, 0.15) is 12.8 Å². The summed E-state index contributed by atoms with van der Waals surface area (Å²) >= 11 is 2.73. The van der Waals surface area contributed by atoms with Crippen molar-refractivity contribution in [3.05, 3.63) is 0 Å². The van der Waals surface area contributed by atoms with Gasteiger partial charge in [0.05, 0.1) is 0 Å². The zero-order valence-electron chi connectivity index (χ0n) is 8.42. The van der Waals surface area contributed by atoms with E-state index in [2.05, 4.69) is 14.9 Å². The summed E-state index contributed by atoms with van der Waals surface area (Å²) in [5.41, 5.74) is 5.36. The highest BCUT2D eigenvalue weighted by Gasteiger charge is 2.24. The molecular weight excluding hydrogens is 268 g/mol. The number of nitrogens with one attached hydrogen (secondary N) is 1. The molecule has 0 aliphatic carbocycles. The van der Waals surface area contributed by atoms with E-state index in [-0.39, 0.29) is 15.5 Å². The number of thioether (sulfide) groups is 1. The number of hydrogen-bond donors (Lipinski definition) is 2. The molecule has 1 fully saturated rings. The number of nitrogens with two attached hydrogens (primary N) is 1.